The molecule has 0 saturated heterocycles. The third kappa shape index (κ3) is 5.69. The summed E-state index contributed by atoms with van der Waals surface area (Å²) in [5.74, 6) is -0.384. The van der Waals surface area contributed by atoms with E-state index in [-0.39, 0.29) is 32.8 Å². The molecule has 1 atom stereocenters. The Balaban J connectivity index is 1.79. The number of amides is 1. The zero-order chi connectivity index (χ0) is 23.5. The lowest BCUT2D eigenvalue weighted by molar-refractivity contribution is 0.0939. The molecule has 168 valence electrons. The number of anilines is 1. The van der Waals surface area contributed by atoms with Crippen LogP contribution < -0.4 is 10.0 Å². The molecule has 2 N–H and O–H groups in total. The molecule has 0 aliphatic carbocycles. The van der Waals surface area contributed by atoms with Crippen molar-refractivity contribution >= 4 is 33.2 Å². The first-order valence-corrected chi connectivity index (χ1v) is 12.1. The molecule has 0 aliphatic rings. The van der Waals surface area contributed by atoms with Crippen LogP contribution in [0.15, 0.2) is 77.7 Å². The molecule has 0 aromatic heterocycles. The summed E-state index contributed by atoms with van der Waals surface area (Å²) in [5, 5.41) is 2.96. The topological polar surface area (TPSA) is 75.3 Å². The van der Waals surface area contributed by atoms with Gasteiger partial charge < -0.3 is 5.32 Å². The molecule has 5 nitrogen and oxygen atoms in total. The Bertz CT molecular complexity index is 1200. The van der Waals surface area contributed by atoms with E-state index in [9.17, 15) is 13.2 Å². The normalized spacial score (nSPS) is 12.8. The third-order valence-electron chi connectivity index (χ3n) is 5.13. The van der Waals surface area contributed by atoms with E-state index in [1.807, 2.05) is 19.1 Å². The molecule has 3 aromatic rings. The van der Waals surface area contributed by atoms with Crippen LogP contribution in [0.4, 0.5) is 5.69 Å². The zero-order valence-electron chi connectivity index (χ0n) is 18.5. The van der Waals surface area contributed by atoms with Crippen molar-refractivity contribution in [1.29, 1.82) is 0 Å². The van der Waals surface area contributed by atoms with E-state index in [1.54, 1.807) is 30.3 Å². The van der Waals surface area contributed by atoms with Crippen LogP contribution in [0.2, 0.25) is 5.02 Å². The van der Waals surface area contributed by atoms with Crippen LogP contribution in [-0.4, -0.2) is 14.3 Å². The molecule has 7 heteroatoms. The number of carbonyl (C=O) groups excluding carboxylic acids is 1. The molecule has 0 saturated carbocycles. The van der Waals surface area contributed by atoms with Crippen LogP contribution in [0.1, 0.15) is 55.2 Å². The minimum atomic E-state index is -3.96. The fourth-order valence-corrected chi connectivity index (χ4v) is 4.79. The van der Waals surface area contributed by atoms with Crippen molar-refractivity contribution in [2.45, 2.75) is 44.0 Å². The van der Waals surface area contributed by atoms with Crippen molar-refractivity contribution in [3.05, 3.63) is 94.5 Å². The van der Waals surface area contributed by atoms with Gasteiger partial charge in [-0.1, -0.05) is 74.8 Å². The lowest BCUT2D eigenvalue weighted by Crippen LogP contribution is -2.27. The van der Waals surface area contributed by atoms with Crippen LogP contribution in [-0.2, 0) is 15.4 Å². The predicted molar refractivity (Wildman–Crippen MR) is 130 cm³/mol. The summed E-state index contributed by atoms with van der Waals surface area (Å²) in [4.78, 5) is 12.7. The highest BCUT2D eigenvalue weighted by molar-refractivity contribution is 7.92. The molecule has 0 radical (unpaired) electrons. The summed E-state index contributed by atoms with van der Waals surface area (Å²) in [6, 6.07) is 20.6. The second-order valence-electron chi connectivity index (χ2n) is 8.68. The molecule has 1 amide bonds. The number of rotatable bonds is 6. The Kier molecular flexibility index (Phi) is 6.96. The van der Waals surface area contributed by atoms with Gasteiger partial charge in [0.2, 0.25) is 0 Å². The maximum Gasteiger partial charge on any atom is 0.263 e. The molecule has 0 bridgehead atoms. The average Bonchev–Trinajstić information content (AvgIpc) is 2.73. The smallest absolute Gasteiger partial charge is 0.263 e. The Morgan fingerprint density at radius 1 is 0.938 bits per heavy atom. The van der Waals surface area contributed by atoms with Gasteiger partial charge in [0.15, 0.2) is 0 Å². The quantitative estimate of drug-likeness (QED) is 0.468. The largest absolute Gasteiger partial charge is 0.346 e. The molecular weight excluding hydrogens is 444 g/mol. The van der Waals surface area contributed by atoms with Crippen molar-refractivity contribution in [2.75, 3.05) is 4.72 Å². The monoisotopic (exact) mass is 470 g/mol. The Morgan fingerprint density at radius 3 is 2.16 bits per heavy atom. The van der Waals surface area contributed by atoms with Crippen LogP contribution in [0.5, 0.6) is 0 Å². The molecule has 32 heavy (non-hydrogen) atoms. The van der Waals surface area contributed by atoms with Gasteiger partial charge in [-0.05, 0) is 53.8 Å². The van der Waals surface area contributed by atoms with Gasteiger partial charge in [-0.25, -0.2) is 8.42 Å². The van der Waals surface area contributed by atoms with Crippen LogP contribution in [0, 0.1) is 0 Å². The van der Waals surface area contributed by atoms with Gasteiger partial charge in [0, 0.05) is 11.3 Å². The number of nitrogens with one attached hydrogen (secondary N) is 2. The van der Waals surface area contributed by atoms with Crippen molar-refractivity contribution in [1.82, 2.24) is 5.32 Å². The average molecular weight is 471 g/mol. The minimum absolute atomic E-state index is 0.0378. The first kappa shape index (κ1) is 23.8. The zero-order valence-corrected chi connectivity index (χ0v) is 20.1. The summed E-state index contributed by atoms with van der Waals surface area (Å²) >= 11 is 6.15. The maximum absolute atomic E-state index is 12.8. The van der Waals surface area contributed by atoms with E-state index in [4.69, 9.17) is 11.6 Å². The van der Waals surface area contributed by atoms with E-state index in [0.717, 1.165) is 5.56 Å². The molecular formula is C25H27ClN2O3S. The van der Waals surface area contributed by atoms with Gasteiger partial charge in [-0.3, -0.25) is 9.52 Å². The summed E-state index contributed by atoms with van der Waals surface area (Å²) in [7, 11) is -3.96. The molecule has 0 spiro atoms. The van der Waals surface area contributed by atoms with Gasteiger partial charge in [-0.2, -0.15) is 0 Å². The van der Waals surface area contributed by atoms with Gasteiger partial charge in [0.25, 0.3) is 15.9 Å². The van der Waals surface area contributed by atoms with E-state index in [2.05, 4.69) is 42.9 Å². The van der Waals surface area contributed by atoms with Gasteiger partial charge in [0.1, 0.15) is 4.90 Å². The van der Waals surface area contributed by atoms with Gasteiger partial charge in [-0.15, -0.1) is 0 Å². The van der Waals surface area contributed by atoms with Crippen molar-refractivity contribution in [3.63, 3.8) is 0 Å². The lowest BCUT2D eigenvalue weighted by atomic mass is 9.86. The Labute approximate surface area is 194 Å². The highest BCUT2D eigenvalue weighted by atomic mass is 35.5. The number of carbonyl (C=O) groups is 1. The van der Waals surface area contributed by atoms with Crippen molar-refractivity contribution < 1.29 is 13.2 Å². The standard InChI is InChI=1S/C25H27ClN2O3S/c1-17(18-10-13-20(14-11-18)25(2,3)4)27-24(29)19-12-15-22(26)23(16-19)32(30,31)28-21-8-6-5-7-9-21/h5-17,28H,1-4H3,(H,27,29)/t17-/m1/s1. The number of halogens is 1. The summed E-state index contributed by atoms with van der Waals surface area (Å²) in [5.41, 5.74) is 2.83. The number of hydrogen-bond acceptors (Lipinski definition) is 3. The van der Waals surface area contributed by atoms with Crippen molar-refractivity contribution in [3.8, 4) is 0 Å². The van der Waals surface area contributed by atoms with E-state index >= 15 is 0 Å². The summed E-state index contributed by atoms with van der Waals surface area (Å²) in [6.45, 7) is 8.32. The van der Waals surface area contributed by atoms with E-state index < -0.39 is 10.0 Å². The SMILES string of the molecule is C[C@@H](NC(=O)c1ccc(Cl)c(S(=O)(=O)Nc2ccccc2)c1)c1ccc(C(C)(C)C)cc1. The fourth-order valence-electron chi connectivity index (χ4n) is 3.20. The number of hydrogen-bond donors (Lipinski definition) is 2. The maximum atomic E-state index is 12.8. The Morgan fingerprint density at radius 2 is 1.56 bits per heavy atom. The van der Waals surface area contributed by atoms with Crippen LogP contribution in [0.25, 0.3) is 0 Å². The first-order chi connectivity index (χ1) is 15.0. The number of para-hydroxylation sites is 1. The first-order valence-electron chi connectivity index (χ1n) is 10.3. The van der Waals surface area contributed by atoms with Crippen LogP contribution >= 0.6 is 11.6 Å². The summed E-state index contributed by atoms with van der Waals surface area (Å²) < 4.78 is 28.1. The van der Waals surface area contributed by atoms with Gasteiger partial charge >= 0.3 is 0 Å². The lowest BCUT2D eigenvalue weighted by Gasteiger charge is -2.21. The van der Waals surface area contributed by atoms with E-state index in [1.165, 1.54) is 23.8 Å². The number of sulfonamides is 1. The molecule has 3 rings (SSSR count). The minimum Gasteiger partial charge on any atom is -0.346 e. The molecule has 0 unspecified atom stereocenters. The van der Waals surface area contributed by atoms with Crippen LogP contribution in [0.3, 0.4) is 0 Å². The molecule has 0 heterocycles. The highest BCUT2D eigenvalue weighted by Crippen LogP contribution is 2.26. The molecule has 0 aliphatic heterocycles. The molecule has 0 fully saturated rings. The highest BCUT2D eigenvalue weighted by Gasteiger charge is 2.21. The third-order valence-corrected chi connectivity index (χ3v) is 7.00. The number of benzene rings is 3. The molecule has 3 aromatic carbocycles. The second kappa shape index (κ2) is 9.35. The fraction of sp³-hybridized carbons (Fsp3) is 0.240. The second-order valence-corrected chi connectivity index (χ2v) is 10.7. The Hall–Kier alpha value is -2.83. The van der Waals surface area contributed by atoms with Gasteiger partial charge in [0.05, 0.1) is 11.1 Å². The van der Waals surface area contributed by atoms with Crippen molar-refractivity contribution in [2.24, 2.45) is 0 Å². The predicted octanol–water partition coefficient (Wildman–Crippen LogP) is 5.93. The van der Waals surface area contributed by atoms with E-state index in [0.29, 0.717) is 5.69 Å². The summed E-state index contributed by atoms with van der Waals surface area (Å²) in [6.07, 6.45) is 0.